The predicted octanol–water partition coefficient (Wildman–Crippen LogP) is 3.49. The van der Waals surface area contributed by atoms with Gasteiger partial charge in [-0.25, -0.2) is 0 Å². The number of benzene rings is 1. The Kier molecular flexibility index (Phi) is 4.21. The Morgan fingerprint density at radius 1 is 1.06 bits per heavy atom. The van der Waals surface area contributed by atoms with E-state index in [1.54, 1.807) is 0 Å². The summed E-state index contributed by atoms with van der Waals surface area (Å²) in [5.74, 6) is 0.976. The molecule has 0 fully saturated rings. The summed E-state index contributed by atoms with van der Waals surface area (Å²) < 4.78 is 5.86. The molecule has 0 amide bonds. The minimum absolute atomic E-state index is 0.106. The molecule has 0 heterocycles. The van der Waals surface area contributed by atoms with E-state index in [4.69, 9.17) is 10.5 Å². The van der Waals surface area contributed by atoms with E-state index in [0.29, 0.717) is 6.61 Å². The molecule has 0 aliphatic rings. The van der Waals surface area contributed by atoms with Crippen LogP contribution in [-0.4, -0.2) is 12.1 Å². The zero-order valence-electron chi connectivity index (χ0n) is 11.7. The highest BCUT2D eigenvalue weighted by molar-refractivity contribution is 5.38. The molecule has 2 N–H and O–H groups in total. The molecule has 0 bridgehead atoms. The van der Waals surface area contributed by atoms with Crippen LogP contribution in [0, 0.1) is 0 Å². The molecule has 1 aromatic rings. The molecule has 2 heteroatoms. The van der Waals surface area contributed by atoms with Crippen LogP contribution in [0.5, 0.6) is 5.75 Å². The minimum Gasteiger partial charge on any atom is -0.493 e. The SMILES string of the molecule is CC(C)(N)CCOc1ccccc1C(C)(C)C. The summed E-state index contributed by atoms with van der Waals surface area (Å²) in [6, 6.07) is 8.23. The van der Waals surface area contributed by atoms with Crippen molar-refractivity contribution in [3.63, 3.8) is 0 Å². The van der Waals surface area contributed by atoms with Crippen molar-refractivity contribution < 1.29 is 4.74 Å². The van der Waals surface area contributed by atoms with E-state index in [1.165, 1.54) is 5.56 Å². The summed E-state index contributed by atoms with van der Waals surface area (Å²) in [6.07, 6.45) is 0.853. The summed E-state index contributed by atoms with van der Waals surface area (Å²) in [5, 5.41) is 0. The average molecular weight is 235 g/mol. The third-order valence-corrected chi connectivity index (χ3v) is 2.70. The van der Waals surface area contributed by atoms with Gasteiger partial charge in [-0.05, 0) is 37.3 Å². The van der Waals surface area contributed by atoms with Gasteiger partial charge < -0.3 is 10.5 Å². The average Bonchev–Trinajstić information content (AvgIpc) is 2.15. The fourth-order valence-electron chi connectivity index (χ4n) is 1.64. The second-order valence-corrected chi connectivity index (χ2v) is 6.33. The lowest BCUT2D eigenvalue weighted by molar-refractivity contribution is 0.268. The molecule has 0 aliphatic carbocycles. The first-order valence-corrected chi connectivity index (χ1v) is 6.21. The van der Waals surface area contributed by atoms with Crippen LogP contribution in [0.4, 0.5) is 0 Å². The molecule has 0 saturated carbocycles. The van der Waals surface area contributed by atoms with E-state index < -0.39 is 0 Å². The molecule has 0 spiro atoms. The topological polar surface area (TPSA) is 35.2 Å². The van der Waals surface area contributed by atoms with Gasteiger partial charge in [0.15, 0.2) is 0 Å². The van der Waals surface area contributed by atoms with Crippen LogP contribution in [0.2, 0.25) is 0 Å². The first-order valence-electron chi connectivity index (χ1n) is 6.21. The van der Waals surface area contributed by atoms with Gasteiger partial charge in [-0.2, -0.15) is 0 Å². The first kappa shape index (κ1) is 14.0. The van der Waals surface area contributed by atoms with Gasteiger partial charge in [0.25, 0.3) is 0 Å². The van der Waals surface area contributed by atoms with E-state index in [1.807, 2.05) is 26.0 Å². The molecule has 0 aliphatic heterocycles. The molecule has 1 rings (SSSR count). The van der Waals surface area contributed by atoms with Crippen molar-refractivity contribution in [2.75, 3.05) is 6.61 Å². The van der Waals surface area contributed by atoms with E-state index >= 15 is 0 Å². The number of rotatable bonds is 4. The van der Waals surface area contributed by atoms with Gasteiger partial charge >= 0.3 is 0 Å². The van der Waals surface area contributed by atoms with Gasteiger partial charge in [0.05, 0.1) is 6.61 Å². The van der Waals surface area contributed by atoms with Crippen LogP contribution in [0.1, 0.15) is 46.6 Å². The van der Waals surface area contributed by atoms with Gasteiger partial charge in [0, 0.05) is 5.54 Å². The molecule has 0 radical (unpaired) electrons. The molecule has 1 aromatic carbocycles. The van der Waals surface area contributed by atoms with Crippen LogP contribution in [0.25, 0.3) is 0 Å². The van der Waals surface area contributed by atoms with Crippen LogP contribution in [0.3, 0.4) is 0 Å². The van der Waals surface area contributed by atoms with Crippen molar-refractivity contribution >= 4 is 0 Å². The number of ether oxygens (including phenoxy) is 1. The van der Waals surface area contributed by atoms with Gasteiger partial charge in [0.2, 0.25) is 0 Å². The van der Waals surface area contributed by atoms with Crippen LogP contribution < -0.4 is 10.5 Å². The normalized spacial score (nSPS) is 12.6. The third-order valence-electron chi connectivity index (χ3n) is 2.70. The number of hydrogen-bond acceptors (Lipinski definition) is 2. The predicted molar refractivity (Wildman–Crippen MR) is 73.5 cm³/mol. The Morgan fingerprint density at radius 3 is 2.18 bits per heavy atom. The standard InChI is InChI=1S/C15H25NO/c1-14(2,3)12-8-6-7-9-13(12)17-11-10-15(4,5)16/h6-9H,10-11,16H2,1-5H3. The maximum Gasteiger partial charge on any atom is 0.123 e. The monoisotopic (exact) mass is 235 g/mol. The summed E-state index contributed by atoms with van der Waals surface area (Å²) in [5.41, 5.74) is 7.12. The fourth-order valence-corrected chi connectivity index (χ4v) is 1.64. The number of para-hydroxylation sites is 1. The Balaban J connectivity index is 2.72. The Labute approximate surface area is 105 Å². The zero-order valence-corrected chi connectivity index (χ0v) is 11.7. The molecule has 2 nitrogen and oxygen atoms in total. The van der Waals surface area contributed by atoms with Gasteiger partial charge in [-0.3, -0.25) is 0 Å². The highest BCUT2D eigenvalue weighted by atomic mass is 16.5. The first-order chi connectivity index (χ1) is 7.70. The Morgan fingerprint density at radius 2 is 1.65 bits per heavy atom. The summed E-state index contributed by atoms with van der Waals surface area (Å²) in [6.45, 7) is 11.3. The van der Waals surface area contributed by atoms with E-state index in [9.17, 15) is 0 Å². The molecular formula is C15H25NO. The Hall–Kier alpha value is -1.02. The largest absolute Gasteiger partial charge is 0.493 e. The second kappa shape index (κ2) is 5.09. The summed E-state index contributed by atoms with van der Waals surface area (Å²) in [7, 11) is 0. The Bertz CT molecular complexity index is 358. The molecule has 96 valence electrons. The maximum atomic E-state index is 5.94. The molecule has 17 heavy (non-hydrogen) atoms. The molecule has 0 saturated heterocycles. The highest BCUT2D eigenvalue weighted by Gasteiger charge is 2.18. The van der Waals surface area contributed by atoms with Crippen LogP contribution in [-0.2, 0) is 5.41 Å². The van der Waals surface area contributed by atoms with E-state index in [2.05, 4.69) is 32.9 Å². The zero-order chi connectivity index (χ0) is 13.1. The lowest BCUT2D eigenvalue weighted by Crippen LogP contribution is -2.33. The number of hydrogen-bond donors (Lipinski definition) is 1. The maximum absolute atomic E-state index is 5.94. The molecule has 0 atom stereocenters. The highest BCUT2D eigenvalue weighted by Crippen LogP contribution is 2.31. The van der Waals surface area contributed by atoms with Gasteiger partial charge in [-0.1, -0.05) is 39.0 Å². The van der Waals surface area contributed by atoms with Crippen molar-refractivity contribution in [2.45, 2.75) is 52.0 Å². The van der Waals surface area contributed by atoms with Crippen LogP contribution in [0.15, 0.2) is 24.3 Å². The van der Waals surface area contributed by atoms with Crippen LogP contribution >= 0.6 is 0 Å². The summed E-state index contributed by atoms with van der Waals surface area (Å²) in [4.78, 5) is 0. The lowest BCUT2D eigenvalue weighted by Gasteiger charge is -2.24. The van der Waals surface area contributed by atoms with E-state index in [0.717, 1.165) is 12.2 Å². The van der Waals surface area contributed by atoms with E-state index in [-0.39, 0.29) is 11.0 Å². The second-order valence-electron chi connectivity index (χ2n) is 6.33. The molecule has 0 unspecified atom stereocenters. The van der Waals surface area contributed by atoms with Crippen molar-refractivity contribution in [3.05, 3.63) is 29.8 Å². The fraction of sp³-hybridized carbons (Fsp3) is 0.600. The third kappa shape index (κ3) is 4.78. The van der Waals surface area contributed by atoms with Crippen molar-refractivity contribution in [1.29, 1.82) is 0 Å². The van der Waals surface area contributed by atoms with Gasteiger partial charge in [0.1, 0.15) is 5.75 Å². The van der Waals surface area contributed by atoms with Gasteiger partial charge in [-0.15, -0.1) is 0 Å². The quantitative estimate of drug-likeness (QED) is 0.867. The van der Waals surface area contributed by atoms with Crippen molar-refractivity contribution in [2.24, 2.45) is 5.73 Å². The smallest absolute Gasteiger partial charge is 0.123 e. The van der Waals surface area contributed by atoms with Crippen molar-refractivity contribution in [1.82, 2.24) is 0 Å². The summed E-state index contributed by atoms with van der Waals surface area (Å²) >= 11 is 0. The minimum atomic E-state index is -0.170. The molecular weight excluding hydrogens is 210 g/mol. The van der Waals surface area contributed by atoms with Crippen molar-refractivity contribution in [3.8, 4) is 5.75 Å². The molecule has 0 aromatic heterocycles. The lowest BCUT2D eigenvalue weighted by atomic mass is 9.86. The number of nitrogens with two attached hydrogens (primary N) is 1.